The Labute approximate surface area is 118 Å². The van der Waals surface area contributed by atoms with Crippen LogP contribution in [0.15, 0.2) is 30.7 Å². The molecule has 2 heterocycles. The van der Waals surface area contributed by atoms with Crippen molar-refractivity contribution in [3.63, 3.8) is 0 Å². The Bertz CT molecular complexity index is 736. The van der Waals surface area contributed by atoms with Gasteiger partial charge in [0, 0.05) is 17.1 Å². The number of hydrogen-bond acceptors (Lipinski definition) is 4. The summed E-state index contributed by atoms with van der Waals surface area (Å²) < 4.78 is 7.34. The molecule has 0 aliphatic heterocycles. The van der Waals surface area contributed by atoms with Gasteiger partial charge >= 0.3 is 0 Å². The summed E-state index contributed by atoms with van der Waals surface area (Å²) in [5.74, 6) is 0.929. The fourth-order valence-corrected chi connectivity index (χ4v) is 2.23. The molecule has 0 atom stereocenters. The molecule has 0 amide bonds. The molecule has 7 heteroatoms. The van der Waals surface area contributed by atoms with Crippen molar-refractivity contribution < 1.29 is 4.74 Å². The van der Waals surface area contributed by atoms with E-state index in [1.54, 1.807) is 36.1 Å². The summed E-state index contributed by atoms with van der Waals surface area (Å²) >= 11 is 11.9. The lowest BCUT2D eigenvalue weighted by molar-refractivity contribution is 0.468. The number of aryl methyl sites for hydroxylation is 1. The maximum absolute atomic E-state index is 5.93. The summed E-state index contributed by atoms with van der Waals surface area (Å²) in [6, 6.07) is 4.96. The summed E-state index contributed by atoms with van der Waals surface area (Å²) in [7, 11) is 1.80. The second-order valence-corrected chi connectivity index (χ2v) is 4.76. The lowest BCUT2D eigenvalue weighted by Crippen LogP contribution is -1.94. The molecule has 0 spiro atoms. The standard InChI is InChI=1S/C12H8Cl2N4O/c1-18-11-10(5-17-18)12(16-6-15-11)19-9-3-7(13)2-8(14)4-9/h2-6H,1H3. The monoisotopic (exact) mass is 294 g/mol. The zero-order valence-electron chi connectivity index (χ0n) is 9.84. The first-order valence-electron chi connectivity index (χ1n) is 5.40. The van der Waals surface area contributed by atoms with Crippen molar-refractivity contribution in [3.8, 4) is 11.6 Å². The van der Waals surface area contributed by atoms with E-state index >= 15 is 0 Å². The lowest BCUT2D eigenvalue weighted by Gasteiger charge is -2.06. The van der Waals surface area contributed by atoms with Gasteiger partial charge in [0.05, 0.1) is 6.20 Å². The SMILES string of the molecule is Cn1ncc2c(Oc3cc(Cl)cc(Cl)c3)ncnc21. The molecule has 96 valence electrons. The number of hydrogen-bond donors (Lipinski definition) is 0. The van der Waals surface area contributed by atoms with E-state index in [2.05, 4.69) is 15.1 Å². The topological polar surface area (TPSA) is 52.8 Å². The van der Waals surface area contributed by atoms with E-state index in [1.165, 1.54) is 6.33 Å². The van der Waals surface area contributed by atoms with Crippen LogP contribution >= 0.6 is 23.2 Å². The molecular weight excluding hydrogens is 287 g/mol. The van der Waals surface area contributed by atoms with Crippen LogP contribution in [0.4, 0.5) is 0 Å². The Morgan fingerprint density at radius 2 is 1.84 bits per heavy atom. The van der Waals surface area contributed by atoms with Crippen LogP contribution in [0.3, 0.4) is 0 Å². The molecule has 1 aromatic carbocycles. The Morgan fingerprint density at radius 3 is 2.58 bits per heavy atom. The predicted octanol–water partition coefficient (Wildman–Crippen LogP) is 3.46. The Balaban J connectivity index is 2.05. The quantitative estimate of drug-likeness (QED) is 0.726. The van der Waals surface area contributed by atoms with E-state index < -0.39 is 0 Å². The highest BCUT2D eigenvalue weighted by atomic mass is 35.5. The molecule has 19 heavy (non-hydrogen) atoms. The van der Waals surface area contributed by atoms with Crippen LogP contribution in [-0.4, -0.2) is 19.7 Å². The zero-order chi connectivity index (χ0) is 13.4. The molecule has 0 unspecified atom stereocenters. The van der Waals surface area contributed by atoms with E-state index in [9.17, 15) is 0 Å². The molecule has 0 fully saturated rings. The summed E-state index contributed by atoms with van der Waals surface area (Å²) in [5, 5.41) is 5.84. The van der Waals surface area contributed by atoms with Gasteiger partial charge in [-0.25, -0.2) is 9.97 Å². The van der Waals surface area contributed by atoms with Gasteiger partial charge in [-0.1, -0.05) is 23.2 Å². The zero-order valence-corrected chi connectivity index (χ0v) is 11.4. The van der Waals surface area contributed by atoms with Gasteiger partial charge in [0.15, 0.2) is 5.65 Å². The Hall–Kier alpha value is -1.85. The number of nitrogens with zero attached hydrogens (tertiary/aromatic N) is 4. The molecule has 0 aliphatic rings. The average Bonchev–Trinajstić information content (AvgIpc) is 2.71. The van der Waals surface area contributed by atoms with Crippen molar-refractivity contribution in [2.75, 3.05) is 0 Å². The van der Waals surface area contributed by atoms with E-state index in [0.717, 1.165) is 5.39 Å². The molecule has 2 aromatic heterocycles. The number of benzene rings is 1. The van der Waals surface area contributed by atoms with Crippen LogP contribution in [0, 0.1) is 0 Å². The Kier molecular flexibility index (Phi) is 3.00. The third kappa shape index (κ3) is 2.34. The fourth-order valence-electron chi connectivity index (χ4n) is 1.72. The third-order valence-corrected chi connectivity index (χ3v) is 2.98. The number of fused-ring (bicyclic) bond motifs is 1. The van der Waals surface area contributed by atoms with Crippen LogP contribution in [0.5, 0.6) is 11.6 Å². The summed E-state index contributed by atoms with van der Waals surface area (Å²) in [5.41, 5.74) is 0.693. The summed E-state index contributed by atoms with van der Waals surface area (Å²) in [6.07, 6.45) is 3.07. The van der Waals surface area contributed by atoms with E-state index in [4.69, 9.17) is 27.9 Å². The van der Waals surface area contributed by atoms with E-state index in [1.807, 2.05) is 0 Å². The van der Waals surface area contributed by atoms with Crippen molar-refractivity contribution in [1.29, 1.82) is 0 Å². The number of rotatable bonds is 2. The first kappa shape index (κ1) is 12.2. The maximum Gasteiger partial charge on any atom is 0.233 e. The van der Waals surface area contributed by atoms with Crippen molar-refractivity contribution in [2.45, 2.75) is 0 Å². The minimum absolute atomic E-state index is 0.413. The van der Waals surface area contributed by atoms with Gasteiger partial charge in [0.1, 0.15) is 17.5 Å². The van der Waals surface area contributed by atoms with E-state index in [0.29, 0.717) is 27.3 Å². The van der Waals surface area contributed by atoms with Crippen molar-refractivity contribution in [1.82, 2.24) is 19.7 Å². The maximum atomic E-state index is 5.93. The van der Waals surface area contributed by atoms with Gasteiger partial charge < -0.3 is 4.74 Å². The molecule has 0 bridgehead atoms. The summed E-state index contributed by atoms with van der Waals surface area (Å²) in [4.78, 5) is 8.24. The first-order chi connectivity index (χ1) is 9.13. The molecule has 3 rings (SSSR count). The largest absolute Gasteiger partial charge is 0.438 e. The second-order valence-electron chi connectivity index (χ2n) is 3.89. The third-order valence-electron chi connectivity index (χ3n) is 2.54. The number of aromatic nitrogens is 4. The van der Waals surface area contributed by atoms with Crippen LogP contribution in [0.25, 0.3) is 11.0 Å². The highest BCUT2D eigenvalue weighted by molar-refractivity contribution is 6.34. The minimum atomic E-state index is 0.413. The van der Waals surface area contributed by atoms with Crippen molar-refractivity contribution >= 4 is 34.2 Å². The fraction of sp³-hybridized carbons (Fsp3) is 0.0833. The number of halogens is 2. The lowest BCUT2D eigenvalue weighted by atomic mass is 10.3. The molecule has 0 aliphatic carbocycles. The average molecular weight is 295 g/mol. The molecule has 3 aromatic rings. The van der Waals surface area contributed by atoms with E-state index in [-0.39, 0.29) is 0 Å². The van der Waals surface area contributed by atoms with Gasteiger partial charge in [0.2, 0.25) is 5.88 Å². The van der Waals surface area contributed by atoms with Gasteiger partial charge in [0.25, 0.3) is 0 Å². The predicted molar refractivity (Wildman–Crippen MR) is 72.8 cm³/mol. The Morgan fingerprint density at radius 1 is 1.11 bits per heavy atom. The van der Waals surface area contributed by atoms with Crippen LogP contribution in [0.2, 0.25) is 10.0 Å². The van der Waals surface area contributed by atoms with Gasteiger partial charge in [-0.2, -0.15) is 5.10 Å². The van der Waals surface area contributed by atoms with Gasteiger partial charge in [-0.3, -0.25) is 4.68 Å². The van der Waals surface area contributed by atoms with Gasteiger partial charge in [-0.05, 0) is 18.2 Å². The highest BCUT2D eigenvalue weighted by Gasteiger charge is 2.10. The highest BCUT2D eigenvalue weighted by Crippen LogP contribution is 2.30. The van der Waals surface area contributed by atoms with Crippen molar-refractivity contribution in [2.24, 2.45) is 7.05 Å². The summed E-state index contributed by atoms with van der Waals surface area (Å²) in [6.45, 7) is 0. The minimum Gasteiger partial charge on any atom is -0.438 e. The molecule has 0 saturated carbocycles. The molecule has 5 nitrogen and oxygen atoms in total. The molecule has 0 saturated heterocycles. The number of ether oxygens (including phenoxy) is 1. The normalized spacial score (nSPS) is 10.9. The first-order valence-corrected chi connectivity index (χ1v) is 6.16. The van der Waals surface area contributed by atoms with Crippen LogP contribution in [-0.2, 0) is 7.05 Å². The van der Waals surface area contributed by atoms with Crippen LogP contribution in [0.1, 0.15) is 0 Å². The molecule has 0 radical (unpaired) electrons. The van der Waals surface area contributed by atoms with Crippen molar-refractivity contribution in [3.05, 3.63) is 40.8 Å². The smallest absolute Gasteiger partial charge is 0.233 e. The van der Waals surface area contributed by atoms with Crippen LogP contribution < -0.4 is 4.74 Å². The molecular formula is C12H8Cl2N4O. The van der Waals surface area contributed by atoms with Gasteiger partial charge in [-0.15, -0.1) is 0 Å². The second kappa shape index (κ2) is 4.68. The molecule has 0 N–H and O–H groups in total.